The molecule has 4 aromatic rings. The molecule has 15 heteroatoms. The third-order valence-corrected chi connectivity index (χ3v) is 6.58. The lowest BCUT2D eigenvalue weighted by atomic mass is 10.0. The summed E-state index contributed by atoms with van der Waals surface area (Å²) in [6, 6.07) is 13.4. The first-order chi connectivity index (χ1) is 19.4. The first-order valence-electron chi connectivity index (χ1n) is 11.9. The Kier molecular flexibility index (Phi) is 8.97. The number of nitrogen functional groups attached to an aromatic ring is 2. The molecular weight excluding hydrogens is 620 g/mol. The van der Waals surface area contributed by atoms with E-state index in [2.05, 4.69) is 36.3 Å². The number of aromatic nitrogens is 4. The van der Waals surface area contributed by atoms with Crippen molar-refractivity contribution in [2.24, 2.45) is 0 Å². The topological polar surface area (TPSA) is 116 Å². The summed E-state index contributed by atoms with van der Waals surface area (Å²) in [6.45, 7) is 2.29. The quantitative estimate of drug-likeness (QED) is 0.258. The van der Waals surface area contributed by atoms with Gasteiger partial charge in [0.25, 0.3) is 0 Å². The van der Waals surface area contributed by atoms with Crippen LogP contribution in [0, 0.1) is 0 Å². The Balaban J connectivity index is 0.000000195. The highest BCUT2D eigenvalue weighted by Crippen LogP contribution is 2.38. The van der Waals surface area contributed by atoms with E-state index in [0.29, 0.717) is 36.5 Å². The molecule has 1 fully saturated rings. The number of halogens is 7. The van der Waals surface area contributed by atoms with E-state index in [1.165, 1.54) is 42.5 Å². The van der Waals surface area contributed by atoms with Gasteiger partial charge in [0.1, 0.15) is 0 Å². The molecule has 41 heavy (non-hydrogen) atoms. The number of alkyl halides is 6. The SMILES string of the molecule is Nc1nnc(-c2ccccc2C(F)(F)F)cc1Br.Nc1nnc(-c2ccccc2C(F)(F)F)cc1N1CCOCC1. The zero-order valence-electron chi connectivity index (χ0n) is 21.0. The zero-order chi connectivity index (χ0) is 29.8. The summed E-state index contributed by atoms with van der Waals surface area (Å²) >= 11 is 3.11. The molecule has 2 aromatic heterocycles. The van der Waals surface area contributed by atoms with Gasteiger partial charge in [-0.15, -0.1) is 20.4 Å². The summed E-state index contributed by atoms with van der Waals surface area (Å²) in [7, 11) is 0. The number of hydrogen-bond acceptors (Lipinski definition) is 8. The van der Waals surface area contributed by atoms with Crippen LogP contribution in [0.15, 0.2) is 65.1 Å². The fourth-order valence-corrected chi connectivity index (χ4v) is 4.29. The number of hydrogen-bond donors (Lipinski definition) is 2. The van der Waals surface area contributed by atoms with E-state index in [-0.39, 0.29) is 34.2 Å². The van der Waals surface area contributed by atoms with Crippen LogP contribution in [-0.2, 0) is 17.1 Å². The number of nitrogens with zero attached hydrogens (tertiary/aromatic N) is 5. The molecule has 0 radical (unpaired) electrons. The average molecular weight is 642 g/mol. The third kappa shape index (κ3) is 7.21. The summed E-state index contributed by atoms with van der Waals surface area (Å²) in [5, 5.41) is 14.9. The van der Waals surface area contributed by atoms with Gasteiger partial charge >= 0.3 is 12.4 Å². The van der Waals surface area contributed by atoms with Crippen LogP contribution in [0.2, 0.25) is 0 Å². The van der Waals surface area contributed by atoms with Gasteiger partial charge in [-0.3, -0.25) is 0 Å². The first kappa shape index (κ1) is 30.0. The lowest BCUT2D eigenvalue weighted by Crippen LogP contribution is -2.36. The Morgan fingerprint density at radius 3 is 1.63 bits per heavy atom. The van der Waals surface area contributed by atoms with E-state index < -0.39 is 23.5 Å². The van der Waals surface area contributed by atoms with Crippen molar-refractivity contribution >= 4 is 33.3 Å². The number of morpholine rings is 1. The van der Waals surface area contributed by atoms with Gasteiger partial charge in [-0.25, -0.2) is 0 Å². The van der Waals surface area contributed by atoms with E-state index in [1.54, 1.807) is 6.07 Å². The van der Waals surface area contributed by atoms with E-state index in [1.807, 2.05) is 4.90 Å². The summed E-state index contributed by atoms with van der Waals surface area (Å²) < 4.78 is 83.7. The first-order valence-corrected chi connectivity index (χ1v) is 12.7. The number of benzene rings is 2. The zero-order valence-corrected chi connectivity index (χ0v) is 22.6. The van der Waals surface area contributed by atoms with Crippen molar-refractivity contribution in [2.75, 3.05) is 42.7 Å². The molecule has 0 bridgehead atoms. The van der Waals surface area contributed by atoms with Crippen LogP contribution in [0.1, 0.15) is 11.1 Å². The second kappa shape index (κ2) is 12.3. The minimum absolute atomic E-state index is 0.0120. The molecule has 0 atom stereocenters. The second-order valence-corrected chi connectivity index (χ2v) is 9.50. The predicted molar refractivity (Wildman–Crippen MR) is 144 cm³/mol. The summed E-state index contributed by atoms with van der Waals surface area (Å²) in [4.78, 5) is 1.94. The molecule has 4 N–H and O–H groups in total. The second-order valence-electron chi connectivity index (χ2n) is 8.65. The fourth-order valence-electron chi connectivity index (χ4n) is 4.00. The van der Waals surface area contributed by atoms with Crippen LogP contribution in [0.4, 0.5) is 43.7 Å². The smallest absolute Gasteiger partial charge is 0.381 e. The van der Waals surface area contributed by atoms with Crippen molar-refractivity contribution in [2.45, 2.75) is 12.4 Å². The summed E-state index contributed by atoms with van der Waals surface area (Å²) in [5.41, 5.74) is 10.6. The van der Waals surface area contributed by atoms with Crippen molar-refractivity contribution in [3.05, 3.63) is 76.3 Å². The minimum Gasteiger partial charge on any atom is -0.381 e. The number of nitrogens with two attached hydrogens (primary N) is 2. The van der Waals surface area contributed by atoms with Gasteiger partial charge in [0.15, 0.2) is 11.6 Å². The van der Waals surface area contributed by atoms with E-state index in [4.69, 9.17) is 16.2 Å². The van der Waals surface area contributed by atoms with Crippen molar-refractivity contribution < 1.29 is 31.1 Å². The normalized spacial score (nSPS) is 13.9. The molecule has 8 nitrogen and oxygen atoms in total. The highest BCUT2D eigenvalue weighted by atomic mass is 79.9. The molecule has 5 rings (SSSR count). The molecule has 0 saturated carbocycles. The van der Waals surface area contributed by atoms with Gasteiger partial charge in [-0.2, -0.15) is 26.3 Å². The Bertz CT molecular complexity index is 1510. The minimum atomic E-state index is -4.46. The molecule has 2 aromatic carbocycles. The van der Waals surface area contributed by atoms with Crippen LogP contribution in [-0.4, -0.2) is 46.7 Å². The maximum Gasteiger partial charge on any atom is 0.417 e. The molecule has 1 saturated heterocycles. The molecule has 0 spiro atoms. The molecule has 0 unspecified atom stereocenters. The average Bonchev–Trinajstić information content (AvgIpc) is 2.95. The summed E-state index contributed by atoms with van der Waals surface area (Å²) in [6.07, 6.45) is -8.90. The van der Waals surface area contributed by atoms with Gasteiger partial charge in [0, 0.05) is 24.2 Å². The monoisotopic (exact) mass is 641 g/mol. The van der Waals surface area contributed by atoms with E-state index in [0.717, 1.165) is 12.1 Å². The van der Waals surface area contributed by atoms with Gasteiger partial charge < -0.3 is 21.1 Å². The molecule has 1 aliphatic heterocycles. The van der Waals surface area contributed by atoms with Crippen molar-refractivity contribution in [3.63, 3.8) is 0 Å². The van der Waals surface area contributed by atoms with Gasteiger partial charge in [0.2, 0.25) is 0 Å². The third-order valence-electron chi connectivity index (χ3n) is 5.94. The molecule has 0 amide bonds. The molecular formula is C26H22BrF6N7O. The molecule has 1 aliphatic rings. The Morgan fingerprint density at radius 2 is 1.15 bits per heavy atom. The van der Waals surface area contributed by atoms with Crippen LogP contribution in [0.5, 0.6) is 0 Å². The lowest BCUT2D eigenvalue weighted by Gasteiger charge is -2.29. The predicted octanol–water partition coefficient (Wildman–Crippen LogP) is 6.09. The Morgan fingerprint density at radius 1 is 0.683 bits per heavy atom. The Hall–Kier alpha value is -3.98. The van der Waals surface area contributed by atoms with Gasteiger partial charge in [-0.05, 0) is 40.2 Å². The largest absolute Gasteiger partial charge is 0.417 e. The maximum atomic E-state index is 13.2. The molecule has 0 aliphatic carbocycles. The van der Waals surface area contributed by atoms with Crippen LogP contribution >= 0.6 is 15.9 Å². The number of anilines is 3. The standard InChI is InChI=1S/C15H15F3N4O.C11H7BrF3N3/c16-15(17,18)11-4-2-1-3-10(11)12-9-13(14(19)21-20-12)22-5-7-23-8-6-22;12-8-5-9(17-18-10(8)16)6-3-1-2-4-7(6)11(13,14)15/h1-4,9H,5-8H2,(H2,19,21);1-5H,(H2,16,18). The van der Waals surface area contributed by atoms with Crippen LogP contribution < -0.4 is 16.4 Å². The van der Waals surface area contributed by atoms with Crippen molar-refractivity contribution in [3.8, 4) is 22.5 Å². The van der Waals surface area contributed by atoms with E-state index in [9.17, 15) is 26.3 Å². The maximum absolute atomic E-state index is 13.2. The van der Waals surface area contributed by atoms with Gasteiger partial charge in [-0.1, -0.05) is 36.4 Å². The highest BCUT2D eigenvalue weighted by molar-refractivity contribution is 9.10. The van der Waals surface area contributed by atoms with Crippen LogP contribution in [0.3, 0.4) is 0 Å². The molecule has 216 valence electrons. The van der Waals surface area contributed by atoms with Crippen LogP contribution in [0.25, 0.3) is 22.5 Å². The lowest BCUT2D eigenvalue weighted by molar-refractivity contribution is -0.137. The summed E-state index contributed by atoms with van der Waals surface area (Å²) in [5.74, 6) is 0.323. The highest BCUT2D eigenvalue weighted by Gasteiger charge is 2.35. The number of rotatable bonds is 3. The Labute approximate surface area is 238 Å². The van der Waals surface area contributed by atoms with Crippen molar-refractivity contribution in [1.82, 2.24) is 20.4 Å². The van der Waals surface area contributed by atoms with E-state index >= 15 is 0 Å². The molecule has 3 heterocycles. The van der Waals surface area contributed by atoms with Gasteiger partial charge in [0.05, 0.1) is 45.9 Å². The fraction of sp³-hybridized carbons (Fsp3) is 0.231. The van der Waals surface area contributed by atoms with Crippen molar-refractivity contribution in [1.29, 1.82) is 0 Å². The number of ether oxygens (including phenoxy) is 1.